The normalized spacial score (nSPS) is 46.5. The predicted octanol–water partition coefficient (Wildman–Crippen LogP) is 2.85. The third kappa shape index (κ3) is 1.28. The molecule has 1 saturated heterocycles. The Morgan fingerprint density at radius 2 is 2.25 bits per heavy atom. The van der Waals surface area contributed by atoms with Crippen LogP contribution in [0.3, 0.4) is 0 Å². The largest absolute Gasteiger partial charge is 0.378 e. The molecule has 0 aromatic rings. The fraction of sp³-hybridized carbons (Fsp3) is 1.00. The smallest absolute Gasteiger partial charge is 0.0631 e. The molecular formula is C11H20O. The van der Waals surface area contributed by atoms with Gasteiger partial charge in [0, 0.05) is 6.61 Å². The molecule has 2 rings (SSSR count). The lowest BCUT2D eigenvalue weighted by Crippen LogP contribution is -2.31. The Hall–Kier alpha value is -0.0400. The van der Waals surface area contributed by atoms with Gasteiger partial charge in [0.05, 0.1) is 6.10 Å². The van der Waals surface area contributed by atoms with E-state index in [2.05, 4.69) is 13.8 Å². The Balaban J connectivity index is 2.04. The van der Waals surface area contributed by atoms with Crippen LogP contribution >= 0.6 is 0 Å². The Morgan fingerprint density at radius 3 is 2.92 bits per heavy atom. The maximum atomic E-state index is 5.85. The molecule has 1 aliphatic heterocycles. The second-order valence-electron chi connectivity index (χ2n) is 4.55. The summed E-state index contributed by atoms with van der Waals surface area (Å²) in [5.74, 6) is 2.73. The van der Waals surface area contributed by atoms with Crippen LogP contribution in [0.5, 0.6) is 0 Å². The van der Waals surface area contributed by atoms with Crippen molar-refractivity contribution >= 4 is 0 Å². The highest BCUT2D eigenvalue weighted by molar-refractivity contribution is 4.92. The van der Waals surface area contributed by atoms with Crippen LogP contribution in [0.2, 0.25) is 0 Å². The summed E-state index contributed by atoms with van der Waals surface area (Å²) in [5, 5.41) is 0. The zero-order valence-corrected chi connectivity index (χ0v) is 8.25. The minimum absolute atomic E-state index is 0.615. The standard InChI is InChI=1S/C11H20O/c1-3-4-10-9-5-6-12-11(10)8(2)7-9/h8-11H,3-7H2,1-2H3. The Labute approximate surface area is 75.5 Å². The first-order valence-corrected chi connectivity index (χ1v) is 5.44. The van der Waals surface area contributed by atoms with Crippen LogP contribution in [-0.4, -0.2) is 12.7 Å². The number of hydrogen-bond donors (Lipinski definition) is 0. The summed E-state index contributed by atoms with van der Waals surface area (Å²) in [6.45, 7) is 5.68. The topological polar surface area (TPSA) is 9.23 Å². The molecule has 1 heteroatoms. The van der Waals surface area contributed by atoms with Crippen LogP contribution in [0.4, 0.5) is 0 Å². The average Bonchev–Trinajstić information content (AvgIpc) is 2.27. The van der Waals surface area contributed by atoms with Crippen LogP contribution < -0.4 is 0 Å². The molecule has 1 aliphatic carbocycles. The lowest BCUT2D eigenvalue weighted by molar-refractivity contribution is -0.0368. The van der Waals surface area contributed by atoms with Crippen molar-refractivity contribution in [3.05, 3.63) is 0 Å². The SMILES string of the molecule is CCCC1C2CCOC1C(C)C2. The first kappa shape index (κ1) is 8.55. The van der Waals surface area contributed by atoms with Crippen molar-refractivity contribution < 1.29 is 4.74 Å². The quantitative estimate of drug-likeness (QED) is 0.616. The Kier molecular flexibility index (Phi) is 2.40. The molecule has 70 valence electrons. The summed E-state index contributed by atoms with van der Waals surface area (Å²) < 4.78 is 5.85. The van der Waals surface area contributed by atoms with E-state index in [9.17, 15) is 0 Å². The molecule has 1 heterocycles. The molecule has 0 radical (unpaired) electrons. The molecule has 2 bridgehead atoms. The predicted molar refractivity (Wildman–Crippen MR) is 50.0 cm³/mol. The first-order chi connectivity index (χ1) is 5.83. The van der Waals surface area contributed by atoms with Gasteiger partial charge in [0.25, 0.3) is 0 Å². The van der Waals surface area contributed by atoms with Gasteiger partial charge < -0.3 is 4.74 Å². The van der Waals surface area contributed by atoms with Gasteiger partial charge in [0.1, 0.15) is 0 Å². The molecule has 2 aliphatic rings. The van der Waals surface area contributed by atoms with Gasteiger partial charge in [-0.3, -0.25) is 0 Å². The fourth-order valence-electron chi connectivity index (χ4n) is 3.19. The summed E-state index contributed by atoms with van der Waals surface area (Å²) in [6.07, 6.45) is 6.08. The maximum Gasteiger partial charge on any atom is 0.0631 e. The van der Waals surface area contributed by atoms with Crippen molar-refractivity contribution in [3.8, 4) is 0 Å². The molecule has 0 amide bonds. The van der Waals surface area contributed by atoms with Crippen LogP contribution in [-0.2, 0) is 4.74 Å². The van der Waals surface area contributed by atoms with Gasteiger partial charge in [-0.2, -0.15) is 0 Å². The third-order valence-electron chi connectivity index (χ3n) is 3.68. The Morgan fingerprint density at radius 1 is 1.42 bits per heavy atom. The van der Waals surface area contributed by atoms with Gasteiger partial charge in [-0.1, -0.05) is 20.3 Å². The minimum Gasteiger partial charge on any atom is -0.378 e. The van der Waals surface area contributed by atoms with Gasteiger partial charge in [0.15, 0.2) is 0 Å². The van der Waals surface area contributed by atoms with Gasteiger partial charge in [-0.25, -0.2) is 0 Å². The van der Waals surface area contributed by atoms with Gasteiger partial charge in [-0.05, 0) is 37.0 Å². The fourth-order valence-corrected chi connectivity index (χ4v) is 3.19. The van der Waals surface area contributed by atoms with Crippen LogP contribution in [0.25, 0.3) is 0 Å². The van der Waals surface area contributed by atoms with E-state index in [4.69, 9.17) is 4.74 Å². The second-order valence-corrected chi connectivity index (χ2v) is 4.55. The lowest BCUT2D eigenvalue weighted by atomic mass is 9.86. The van der Waals surface area contributed by atoms with Crippen molar-refractivity contribution in [1.82, 2.24) is 0 Å². The van der Waals surface area contributed by atoms with E-state index in [0.717, 1.165) is 24.4 Å². The third-order valence-corrected chi connectivity index (χ3v) is 3.68. The summed E-state index contributed by atoms with van der Waals surface area (Å²) in [7, 11) is 0. The molecule has 0 aromatic heterocycles. The van der Waals surface area contributed by atoms with Crippen molar-refractivity contribution in [2.24, 2.45) is 17.8 Å². The van der Waals surface area contributed by atoms with Crippen molar-refractivity contribution in [1.29, 1.82) is 0 Å². The van der Waals surface area contributed by atoms with Crippen molar-refractivity contribution in [3.63, 3.8) is 0 Å². The van der Waals surface area contributed by atoms with Gasteiger partial charge in [0.2, 0.25) is 0 Å². The highest BCUT2D eigenvalue weighted by Gasteiger charge is 2.43. The number of hydrogen-bond acceptors (Lipinski definition) is 1. The van der Waals surface area contributed by atoms with E-state index < -0.39 is 0 Å². The van der Waals surface area contributed by atoms with Gasteiger partial charge >= 0.3 is 0 Å². The minimum atomic E-state index is 0.615. The van der Waals surface area contributed by atoms with E-state index in [1.54, 1.807) is 0 Å². The average molecular weight is 168 g/mol. The van der Waals surface area contributed by atoms with Crippen LogP contribution in [0.1, 0.15) is 39.5 Å². The number of fused-ring (bicyclic) bond motifs is 2. The summed E-state index contributed by atoms with van der Waals surface area (Å²) >= 11 is 0. The van der Waals surface area contributed by atoms with Crippen molar-refractivity contribution in [2.45, 2.75) is 45.6 Å². The zero-order chi connectivity index (χ0) is 8.55. The molecule has 4 atom stereocenters. The molecule has 0 aromatic carbocycles. The van der Waals surface area contributed by atoms with E-state index in [-0.39, 0.29) is 0 Å². The van der Waals surface area contributed by atoms with Gasteiger partial charge in [-0.15, -0.1) is 0 Å². The number of ether oxygens (including phenoxy) is 1. The summed E-state index contributed by atoms with van der Waals surface area (Å²) in [6, 6.07) is 0. The highest BCUT2D eigenvalue weighted by Crippen LogP contribution is 2.45. The molecule has 4 unspecified atom stereocenters. The van der Waals surface area contributed by atoms with Crippen LogP contribution in [0.15, 0.2) is 0 Å². The highest BCUT2D eigenvalue weighted by atomic mass is 16.5. The van der Waals surface area contributed by atoms with E-state index in [1.165, 1.54) is 25.7 Å². The maximum absolute atomic E-state index is 5.85. The van der Waals surface area contributed by atoms with E-state index in [0.29, 0.717) is 6.10 Å². The molecule has 0 N–H and O–H groups in total. The molecule has 1 nitrogen and oxygen atoms in total. The molecule has 2 fully saturated rings. The first-order valence-electron chi connectivity index (χ1n) is 5.44. The van der Waals surface area contributed by atoms with E-state index >= 15 is 0 Å². The summed E-state index contributed by atoms with van der Waals surface area (Å²) in [4.78, 5) is 0. The van der Waals surface area contributed by atoms with Crippen LogP contribution in [0, 0.1) is 17.8 Å². The molecule has 0 spiro atoms. The van der Waals surface area contributed by atoms with E-state index in [1.807, 2.05) is 0 Å². The second kappa shape index (κ2) is 3.37. The Bertz CT molecular complexity index is 155. The molecule has 1 saturated carbocycles. The molecular weight excluding hydrogens is 148 g/mol. The molecule has 12 heavy (non-hydrogen) atoms. The lowest BCUT2D eigenvalue weighted by Gasteiger charge is -2.30. The zero-order valence-electron chi connectivity index (χ0n) is 8.25. The van der Waals surface area contributed by atoms with Crippen molar-refractivity contribution in [2.75, 3.05) is 6.61 Å². The summed E-state index contributed by atoms with van der Waals surface area (Å²) in [5.41, 5.74) is 0. The number of rotatable bonds is 2. The monoisotopic (exact) mass is 168 g/mol.